The number of tetrazole rings is 1. The first-order chi connectivity index (χ1) is 20.0. The molecule has 220 valence electrons. The van der Waals surface area contributed by atoms with Crippen LogP contribution >= 0.6 is 12.4 Å². The minimum atomic E-state index is -0.882. The highest BCUT2D eigenvalue weighted by molar-refractivity contribution is 6.01. The van der Waals surface area contributed by atoms with Gasteiger partial charge in [-0.1, -0.05) is 24.3 Å². The van der Waals surface area contributed by atoms with Crippen molar-refractivity contribution in [3.8, 4) is 28.3 Å². The molecular formula is C30H35ClN8O3. The van der Waals surface area contributed by atoms with Crippen molar-refractivity contribution in [3.05, 3.63) is 72.6 Å². The van der Waals surface area contributed by atoms with Crippen LogP contribution in [0.2, 0.25) is 0 Å². The standard InChI is InChI=1S/C30H34N8O3.ClH/c1-41-27-18-33-15-14-25(27)21-6-2-19(3-7-21)16-26(28(32)39)38(30(40)23-8-4-20(17-31)5-9-23)24-12-10-22(11-13-24)29-34-36-37-35-29;/h2-3,6-7,10-15,18,20,23,26H,4-5,8-9,16-17,31H2,1H3,(H2,32,39)(H,34,35,36,37);1H/t20-,23-,26-;/m0./s1. The predicted octanol–water partition coefficient (Wildman–Crippen LogP) is 3.55. The second kappa shape index (κ2) is 14.0. The molecule has 1 atom stereocenters. The number of halogens is 1. The number of anilines is 1. The molecule has 1 fully saturated rings. The number of carbonyl (C=O) groups is 2. The number of aromatic nitrogens is 5. The van der Waals surface area contributed by atoms with E-state index in [4.69, 9.17) is 16.2 Å². The molecular weight excluding hydrogens is 556 g/mol. The summed E-state index contributed by atoms with van der Waals surface area (Å²) in [7, 11) is 1.61. The van der Waals surface area contributed by atoms with Gasteiger partial charge in [0.25, 0.3) is 0 Å². The van der Waals surface area contributed by atoms with Gasteiger partial charge in [-0.3, -0.25) is 19.5 Å². The summed E-state index contributed by atoms with van der Waals surface area (Å²) in [5, 5.41) is 14.1. The average Bonchev–Trinajstić information content (AvgIpc) is 3.56. The molecule has 12 heteroatoms. The summed E-state index contributed by atoms with van der Waals surface area (Å²) in [5.41, 5.74) is 15.9. The molecule has 1 aliphatic rings. The molecule has 1 aliphatic carbocycles. The molecule has 4 aromatic rings. The SMILES string of the molecule is COc1cnccc1-c1ccc(C[C@@H](C(N)=O)N(c2ccc(-c3nn[nH]n3)cc2)C(=O)[C@H]2CC[C@H](CN)CC2)cc1.Cl. The zero-order valence-corrected chi connectivity index (χ0v) is 24.2. The van der Waals surface area contributed by atoms with Crippen LogP contribution in [0.4, 0.5) is 5.69 Å². The van der Waals surface area contributed by atoms with Gasteiger partial charge in [0.15, 0.2) is 0 Å². The van der Waals surface area contributed by atoms with E-state index in [1.54, 1.807) is 48.7 Å². The van der Waals surface area contributed by atoms with E-state index in [9.17, 15) is 9.59 Å². The second-order valence-electron chi connectivity index (χ2n) is 10.3. The first-order valence-corrected chi connectivity index (χ1v) is 13.7. The van der Waals surface area contributed by atoms with E-state index in [1.807, 2.05) is 30.3 Å². The Morgan fingerprint density at radius 2 is 1.71 bits per heavy atom. The number of carbonyl (C=O) groups excluding carboxylic acids is 2. The first-order valence-electron chi connectivity index (χ1n) is 13.7. The fourth-order valence-electron chi connectivity index (χ4n) is 5.50. The van der Waals surface area contributed by atoms with Crippen molar-refractivity contribution in [2.24, 2.45) is 23.3 Å². The predicted molar refractivity (Wildman–Crippen MR) is 162 cm³/mol. The second-order valence-corrected chi connectivity index (χ2v) is 10.3. The van der Waals surface area contributed by atoms with E-state index in [-0.39, 0.29) is 30.7 Å². The van der Waals surface area contributed by atoms with Crippen LogP contribution in [-0.2, 0) is 16.0 Å². The molecule has 0 aliphatic heterocycles. The molecule has 5 rings (SSSR count). The summed E-state index contributed by atoms with van der Waals surface area (Å²) < 4.78 is 5.45. The number of amides is 2. The Balaban J connectivity index is 0.00000405. The molecule has 2 aromatic carbocycles. The number of hydrogen-bond donors (Lipinski definition) is 3. The van der Waals surface area contributed by atoms with Crippen molar-refractivity contribution >= 4 is 29.9 Å². The van der Waals surface area contributed by atoms with Gasteiger partial charge in [0, 0.05) is 35.3 Å². The van der Waals surface area contributed by atoms with E-state index in [2.05, 4.69) is 25.6 Å². The number of methoxy groups -OCH3 is 1. The van der Waals surface area contributed by atoms with Gasteiger partial charge in [0.1, 0.15) is 11.8 Å². The van der Waals surface area contributed by atoms with Gasteiger partial charge in [-0.2, -0.15) is 5.21 Å². The molecule has 2 amide bonds. The number of rotatable bonds is 10. The number of hydrogen-bond acceptors (Lipinski definition) is 8. The molecule has 11 nitrogen and oxygen atoms in total. The molecule has 0 radical (unpaired) electrons. The molecule has 42 heavy (non-hydrogen) atoms. The first kappa shape index (κ1) is 30.6. The van der Waals surface area contributed by atoms with E-state index < -0.39 is 11.9 Å². The quantitative estimate of drug-likeness (QED) is 0.252. The smallest absolute Gasteiger partial charge is 0.240 e. The van der Waals surface area contributed by atoms with Gasteiger partial charge < -0.3 is 16.2 Å². The Labute approximate surface area is 250 Å². The molecule has 2 heterocycles. The fourth-order valence-corrected chi connectivity index (χ4v) is 5.50. The third-order valence-electron chi connectivity index (χ3n) is 7.85. The van der Waals surface area contributed by atoms with E-state index in [0.717, 1.165) is 47.9 Å². The summed E-state index contributed by atoms with van der Waals surface area (Å²) in [6, 6.07) is 16.0. The number of pyridine rings is 1. The maximum atomic E-state index is 14.1. The van der Waals surface area contributed by atoms with Crippen LogP contribution in [0.15, 0.2) is 67.0 Å². The third-order valence-corrected chi connectivity index (χ3v) is 7.85. The highest BCUT2D eigenvalue weighted by Crippen LogP contribution is 2.33. The van der Waals surface area contributed by atoms with Crippen LogP contribution in [-0.4, -0.2) is 57.1 Å². The monoisotopic (exact) mass is 590 g/mol. The molecule has 0 spiro atoms. The minimum absolute atomic E-state index is 0. The zero-order chi connectivity index (χ0) is 28.8. The van der Waals surface area contributed by atoms with Gasteiger partial charge >= 0.3 is 0 Å². The summed E-state index contributed by atoms with van der Waals surface area (Å²) in [4.78, 5) is 32.8. The lowest BCUT2D eigenvalue weighted by Crippen LogP contribution is -2.52. The van der Waals surface area contributed by atoms with E-state index in [0.29, 0.717) is 29.7 Å². The van der Waals surface area contributed by atoms with Crippen LogP contribution in [0, 0.1) is 11.8 Å². The number of nitrogens with one attached hydrogen (secondary N) is 1. The van der Waals surface area contributed by atoms with Crippen molar-refractivity contribution in [2.45, 2.75) is 38.1 Å². The van der Waals surface area contributed by atoms with Crippen LogP contribution in [0.25, 0.3) is 22.5 Å². The number of benzene rings is 2. The minimum Gasteiger partial charge on any atom is -0.494 e. The van der Waals surface area contributed by atoms with Crippen LogP contribution in [0.5, 0.6) is 5.75 Å². The Bertz CT molecular complexity index is 1460. The molecule has 0 saturated heterocycles. The maximum Gasteiger partial charge on any atom is 0.240 e. The largest absolute Gasteiger partial charge is 0.494 e. The van der Waals surface area contributed by atoms with Crippen LogP contribution in [0.1, 0.15) is 31.2 Å². The van der Waals surface area contributed by atoms with Crippen molar-refractivity contribution in [1.29, 1.82) is 0 Å². The average molecular weight is 591 g/mol. The molecule has 0 unspecified atom stereocenters. The van der Waals surface area contributed by atoms with Gasteiger partial charge in [-0.05, 0) is 84.8 Å². The summed E-state index contributed by atoms with van der Waals surface area (Å²) >= 11 is 0. The number of aromatic amines is 1. The lowest BCUT2D eigenvalue weighted by molar-refractivity contribution is -0.127. The van der Waals surface area contributed by atoms with Gasteiger partial charge in [-0.15, -0.1) is 22.6 Å². The van der Waals surface area contributed by atoms with Gasteiger partial charge in [0.2, 0.25) is 17.6 Å². The molecule has 5 N–H and O–H groups in total. The number of nitrogens with zero attached hydrogens (tertiary/aromatic N) is 5. The highest BCUT2D eigenvalue weighted by Gasteiger charge is 2.36. The highest BCUT2D eigenvalue weighted by atomic mass is 35.5. The Hall–Kier alpha value is -4.35. The van der Waals surface area contributed by atoms with Crippen molar-refractivity contribution < 1.29 is 14.3 Å². The Morgan fingerprint density at radius 1 is 1.02 bits per heavy atom. The van der Waals surface area contributed by atoms with Gasteiger partial charge in [0.05, 0.1) is 13.3 Å². The normalized spacial score (nSPS) is 17.1. The lowest BCUT2D eigenvalue weighted by Gasteiger charge is -2.35. The van der Waals surface area contributed by atoms with Crippen molar-refractivity contribution in [3.63, 3.8) is 0 Å². The Kier molecular flexibility index (Phi) is 10.2. The van der Waals surface area contributed by atoms with Crippen LogP contribution in [0.3, 0.4) is 0 Å². The number of ether oxygens (including phenoxy) is 1. The third kappa shape index (κ3) is 6.75. The zero-order valence-electron chi connectivity index (χ0n) is 23.3. The van der Waals surface area contributed by atoms with Gasteiger partial charge in [-0.25, -0.2) is 0 Å². The summed E-state index contributed by atoms with van der Waals surface area (Å²) in [5.74, 6) is 0.641. The van der Waals surface area contributed by atoms with Crippen molar-refractivity contribution in [2.75, 3.05) is 18.6 Å². The van der Waals surface area contributed by atoms with Crippen molar-refractivity contribution in [1.82, 2.24) is 25.6 Å². The molecule has 0 bridgehead atoms. The summed E-state index contributed by atoms with van der Waals surface area (Å²) in [6.07, 6.45) is 6.87. The molecule has 1 saturated carbocycles. The lowest BCUT2D eigenvalue weighted by atomic mass is 9.81. The number of primary amides is 1. The van der Waals surface area contributed by atoms with Crippen LogP contribution < -0.4 is 21.1 Å². The fraction of sp³-hybridized carbons (Fsp3) is 0.333. The maximum absolute atomic E-state index is 14.1. The molecule has 2 aromatic heterocycles. The topological polar surface area (TPSA) is 166 Å². The number of nitrogens with two attached hydrogens (primary N) is 2. The number of H-pyrrole nitrogens is 1. The van der Waals surface area contributed by atoms with E-state index >= 15 is 0 Å². The Morgan fingerprint density at radius 3 is 2.31 bits per heavy atom. The summed E-state index contributed by atoms with van der Waals surface area (Å²) in [6.45, 7) is 0.618. The van der Waals surface area contributed by atoms with E-state index in [1.165, 1.54) is 0 Å².